The van der Waals surface area contributed by atoms with E-state index in [9.17, 15) is 9.59 Å². The number of carbonyl (C=O) groups is 2. The summed E-state index contributed by atoms with van der Waals surface area (Å²) in [5.41, 5.74) is 3.69. The van der Waals surface area contributed by atoms with Crippen LogP contribution in [0.15, 0.2) is 48.5 Å². The maximum Gasteiger partial charge on any atom is 0.256 e. The van der Waals surface area contributed by atoms with Gasteiger partial charge in [0.15, 0.2) is 0 Å². The van der Waals surface area contributed by atoms with Gasteiger partial charge in [-0.3, -0.25) is 9.59 Å². The summed E-state index contributed by atoms with van der Waals surface area (Å²) < 4.78 is 5.38. The molecule has 1 atom stereocenters. The summed E-state index contributed by atoms with van der Waals surface area (Å²) in [5, 5.41) is 3.21. The summed E-state index contributed by atoms with van der Waals surface area (Å²) in [4.78, 5) is 28.7. The number of amides is 2. The highest BCUT2D eigenvalue weighted by atomic mass is 16.5. The van der Waals surface area contributed by atoms with Crippen LogP contribution in [0.5, 0.6) is 0 Å². The normalized spacial score (nSPS) is 20.3. The van der Waals surface area contributed by atoms with Crippen LogP contribution in [0.2, 0.25) is 0 Å². The molecule has 0 bridgehead atoms. The van der Waals surface area contributed by atoms with Gasteiger partial charge >= 0.3 is 0 Å². The first-order valence-electron chi connectivity index (χ1n) is 9.24. The lowest BCUT2D eigenvalue weighted by Gasteiger charge is -2.29. The molecule has 27 heavy (non-hydrogen) atoms. The van der Waals surface area contributed by atoms with Crippen LogP contribution in [0, 0.1) is 6.92 Å². The summed E-state index contributed by atoms with van der Waals surface area (Å²) in [7, 11) is 0. The standard InChI is InChI=1S/C21H23N3O3/c1-15-2-6-18(7-3-15)24-20(25)14-19(21(24)26)22-16-4-8-17(9-5-16)23-10-12-27-13-11-23/h2-9,19,22H,10-14H2,1H3/t19-/m0/s1. The van der Waals surface area contributed by atoms with Crippen LogP contribution in [0.4, 0.5) is 17.1 Å². The molecular formula is C21H23N3O3. The van der Waals surface area contributed by atoms with Crippen molar-refractivity contribution in [2.24, 2.45) is 0 Å². The largest absolute Gasteiger partial charge is 0.378 e. The van der Waals surface area contributed by atoms with E-state index >= 15 is 0 Å². The average Bonchev–Trinajstić information content (AvgIpc) is 2.97. The third-order valence-electron chi connectivity index (χ3n) is 5.02. The van der Waals surface area contributed by atoms with Crippen LogP contribution in [0.25, 0.3) is 0 Å². The molecule has 2 aromatic rings. The first-order chi connectivity index (χ1) is 13.1. The molecule has 0 aromatic heterocycles. The number of morpholine rings is 1. The minimum absolute atomic E-state index is 0.165. The van der Waals surface area contributed by atoms with Crippen LogP contribution in [0.1, 0.15) is 12.0 Å². The average molecular weight is 365 g/mol. The Morgan fingerprint density at radius 1 is 0.926 bits per heavy atom. The number of carbonyl (C=O) groups excluding carboxylic acids is 2. The summed E-state index contributed by atoms with van der Waals surface area (Å²) in [6, 6.07) is 14.9. The SMILES string of the molecule is Cc1ccc(N2C(=O)C[C@H](Nc3ccc(N4CCOCC4)cc3)C2=O)cc1. The van der Waals surface area contributed by atoms with Gasteiger partial charge in [-0.2, -0.15) is 0 Å². The van der Waals surface area contributed by atoms with Crippen molar-refractivity contribution in [1.29, 1.82) is 0 Å². The van der Waals surface area contributed by atoms with Gasteiger partial charge in [-0.05, 0) is 43.3 Å². The summed E-state index contributed by atoms with van der Waals surface area (Å²) in [5.74, 6) is -0.382. The molecule has 0 saturated carbocycles. The van der Waals surface area contributed by atoms with Crippen molar-refractivity contribution >= 4 is 28.9 Å². The number of imide groups is 1. The highest BCUT2D eigenvalue weighted by molar-refractivity contribution is 6.23. The molecule has 6 heteroatoms. The topological polar surface area (TPSA) is 61.9 Å². The third-order valence-corrected chi connectivity index (χ3v) is 5.02. The number of anilines is 3. The van der Waals surface area contributed by atoms with Crippen molar-refractivity contribution in [3.63, 3.8) is 0 Å². The smallest absolute Gasteiger partial charge is 0.256 e. The number of rotatable bonds is 4. The maximum atomic E-state index is 12.7. The molecular weight excluding hydrogens is 342 g/mol. The molecule has 6 nitrogen and oxygen atoms in total. The third kappa shape index (κ3) is 3.66. The van der Waals surface area contributed by atoms with Crippen molar-refractivity contribution in [3.8, 4) is 0 Å². The number of hydrogen-bond acceptors (Lipinski definition) is 5. The van der Waals surface area contributed by atoms with E-state index < -0.39 is 6.04 Å². The Bertz CT molecular complexity index is 827. The molecule has 2 aliphatic heterocycles. The van der Waals surface area contributed by atoms with Crippen LogP contribution in [-0.4, -0.2) is 44.2 Å². The molecule has 2 aromatic carbocycles. The Labute approximate surface area is 158 Å². The minimum Gasteiger partial charge on any atom is -0.378 e. The van der Waals surface area contributed by atoms with Gasteiger partial charge in [0.05, 0.1) is 25.3 Å². The second-order valence-corrected chi connectivity index (χ2v) is 6.95. The number of aryl methyl sites for hydroxylation is 1. The molecule has 140 valence electrons. The Morgan fingerprint density at radius 2 is 1.56 bits per heavy atom. The van der Waals surface area contributed by atoms with E-state index in [2.05, 4.69) is 10.2 Å². The van der Waals surface area contributed by atoms with Gasteiger partial charge in [-0.25, -0.2) is 4.90 Å². The fourth-order valence-electron chi connectivity index (χ4n) is 3.50. The van der Waals surface area contributed by atoms with Gasteiger partial charge in [0.2, 0.25) is 5.91 Å². The van der Waals surface area contributed by atoms with Gasteiger partial charge in [0.1, 0.15) is 6.04 Å². The Balaban J connectivity index is 1.44. The van der Waals surface area contributed by atoms with Gasteiger partial charge in [-0.1, -0.05) is 17.7 Å². The lowest BCUT2D eigenvalue weighted by Crippen LogP contribution is -2.36. The molecule has 2 aliphatic rings. The van der Waals surface area contributed by atoms with Crippen molar-refractivity contribution in [1.82, 2.24) is 0 Å². The fraction of sp³-hybridized carbons (Fsp3) is 0.333. The molecule has 0 spiro atoms. The monoisotopic (exact) mass is 365 g/mol. The predicted molar refractivity (Wildman–Crippen MR) is 105 cm³/mol. The second-order valence-electron chi connectivity index (χ2n) is 6.95. The quantitative estimate of drug-likeness (QED) is 0.844. The van der Waals surface area contributed by atoms with Crippen LogP contribution < -0.4 is 15.1 Å². The number of hydrogen-bond donors (Lipinski definition) is 1. The number of nitrogens with one attached hydrogen (secondary N) is 1. The number of benzene rings is 2. The maximum absolute atomic E-state index is 12.7. The molecule has 0 radical (unpaired) electrons. The van der Waals surface area contributed by atoms with E-state index in [4.69, 9.17) is 4.74 Å². The molecule has 2 amide bonds. The molecule has 2 heterocycles. The van der Waals surface area contributed by atoms with Gasteiger partial charge < -0.3 is 15.0 Å². The lowest BCUT2D eigenvalue weighted by atomic mass is 10.2. The van der Waals surface area contributed by atoms with E-state index in [0.29, 0.717) is 5.69 Å². The zero-order valence-electron chi connectivity index (χ0n) is 15.4. The van der Waals surface area contributed by atoms with Crippen LogP contribution >= 0.6 is 0 Å². The first-order valence-corrected chi connectivity index (χ1v) is 9.24. The molecule has 4 rings (SSSR count). The summed E-state index contributed by atoms with van der Waals surface area (Å²) in [6.07, 6.45) is 0.165. The zero-order chi connectivity index (χ0) is 18.8. The van der Waals surface area contributed by atoms with Crippen LogP contribution in [0.3, 0.4) is 0 Å². The summed E-state index contributed by atoms with van der Waals surface area (Å²) in [6.45, 7) is 5.23. The van der Waals surface area contributed by atoms with Gasteiger partial charge in [-0.15, -0.1) is 0 Å². The Morgan fingerprint density at radius 3 is 2.22 bits per heavy atom. The van der Waals surface area contributed by atoms with Crippen molar-refractivity contribution in [2.75, 3.05) is 41.4 Å². The summed E-state index contributed by atoms with van der Waals surface area (Å²) >= 11 is 0. The minimum atomic E-state index is -0.534. The number of ether oxygens (including phenoxy) is 1. The molecule has 0 aliphatic carbocycles. The van der Waals surface area contributed by atoms with Crippen molar-refractivity contribution < 1.29 is 14.3 Å². The van der Waals surface area contributed by atoms with Crippen molar-refractivity contribution in [3.05, 3.63) is 54.1 Å². The molecule has 0 unspecified atom stereocenters. The molecule has 2 saturated heterocycles. The van der Waals surface area contributed by atoms with E-state index in [1.54, 1.807) is 0 Å². The highest BCUT2D eigenvalue weighted by Gasteiger charge is 2.39. The first kappa shape index (κ1) is 17.5. The Kier molecular flexibility index (Phi) is 4.81. The van der Waals surface area contributed by atoms with E-state index in [-0.39, 0.29) is 18.2 Å². The predicted octanol–water partition coefficient (Wildman–Crippen LogP) is 2.58. The molecule has 2 fully saturated rings. The number of nitrogens with zero attached hydrogens (tertiary/aromatic N) is 2. The molecule has 1 N–H and O–H groups in total. The van der Waals surface area contributed by atoms with E-state index in [0.717, 1.165) is 43.2 Å². The lowest BCUT2D eigenvalue weighted by molar-refractivity contribution is -0.121. The zero-order valence-corrected chi connectivity index (χ0v) is 15.4. The van der Waals surface area contributed by atoms with Crippen molar-refractivity contribution in [2.45, 2.75) is 19.4 Å². The van der Waals surface area contributed by atoms with Gasteiger partial charge in [0.25, 0.3) is 5.91 Å². The van der Waals surface area contributed by atoms with Crippen LogP contribution in [-0.2, 0) is 14.3 Å². The van der Waals surface area contributed by atoms with E-state index in [1.165, 1.54) is 4.90 Å². The second kappa shape index (κ2) is 7.40. The Hall–Kier alpha value is -2.86. The highest BCUT2D eigenvalue weighted by Crippen LogP contribution is 2.26. The fourth-order valence-corrected chi connectivity index (χ4v) is 3.50. The van der Waals surface area contributed by atoms with E-state index in [1.807, 2.05) is 55.5 Å². The van der Waals surface area contributed by atoms with Gasteiger partial charge in [0, 0.05) is 24.5 Å².